The maximum Gasteiger partial charge on any atom is 0.243 e. The van der Waals surface area contributed by atoms with Gasteiger partial charge in [-0.05, 0) is 31.9 Å². The van der Waals surface area contributed by atoms with E-state index in [2.05, 4.69) is 0 Å². The van der Waals surface area contributed by atoms with Crippen LogP contribution in [0.1, 0.15) is 18.4 Å². The fourth-order valence-electron chi connectivity index (χ4n) is 1.68. The second-order valence-electron chi connectivity index (χ2n) is 4.30. The molecule has 0 saturated carbocycles. The van der Waals surface area contributed by atoms with Gasteiger partial charge in [0, 0.05) is 13.1 Å². The van der Waals surface area contributed by atoms with Gasteiger partial charge in [-0.25, -0.2) is 8.42 Å². The summed E-state index contributed by atoms with van der Waals surface area (Å²) in [5, 5.41) is 0. The largest absolute Gasteiger partial charge is 0.251 e. The van der Waals surface area contributed by atoms with Crippen LogP contribution in [-0.4, -0.2) is 39.2 Å². The lowest BCUT2D eigenvalue weighted by molar-refractivity contribution is 0.349. The summed E-state index contributed by atoms with van der Waals surface area (Å²) in [6.07, 6.45) is 0.245. The zero-order valence-corrected chi connectivity index (χ0v) is 11.8. The van der Waals surface area contributed by atoms with Gasteiger partial charge in [-0.2, -0.15) is 4.31 Å². The van der Waals surface area contributed by atoms with Gasteiger partial charge in [0.2, 0.25) is 10.0 Å². The number of rotatable bonds is 8. The van der Waals surface area contributed by atoms with E-state index in [1.54, 1.807) is 12.1 Å². The molecular formula is C13H19F2NO2S. The third-order valence-electron chi connectivity index (χ3n) is 2.74. The quantitative estimate of drug-likeness (QED) is 0.738. The number of alkyl halides is 2. The Morgan fingerprint density at radius 1 is 1.00 bits per heavy atom. The minimum absolute atomic E-state index is 0.0761. The molecule has 6 heteroatoms. The Morgan fingerprint density at radius 2 is 1.47 bits per heavy atom. The summed E-state index contributed by atoms with van der Waals surface area (Å²) < 4.78 is 50.3. The van der Waals surface area contributed by atoms with E-state index in [4.69, 9.17) is 0 Å². The average Bonchev–Trinajstić information content (AvgIpc) is 2.39. The van der Waals surface area contributed by atoms with Crippen molar-refractivity contribution in [2.24, 2.45) is 0 Å². The summed E-state index contributed by atoms with van der Waals surface area (Å²) in [4.78, 5) is 0.163. The Bertz CT molecular complexity index is 466. The number of sulfonamides is 1. The minimum atomic E-state index is -3.66. The number of benzene rings is 1. The third-order valence-corrected chi connectivity index (χ3v) is 4.65. The van der Waals surface area contributed by atoms with Gasteiger partial charge in [-0.3, -0.25) is 8.78 Å². The Morgan fingerprint density at radius 3 is 1.89 bits per heavy atom. The molecular weight excluding hydrogens is 272 g/mol. The molecule has 108 valence electrons. The van der Waals surface area contributed by atoms with Gasteiger partial charge in [0.1, 0.15) is 0 Å². The van der Waals surface area contributed by atoms with Gasteiger partial charge >= 0.3 is 0 Å². The van der Waals surface area contributed by atoms with E-state index in [1.165, 1.54) is 12.1 Å². The van der Waals surface area contributed by atoms with Gasteiger partial charge in [-0.15, -0.1) is 0 Å². The number of nitrogens with zero attached hydrogens (tertiary/aromatic N) is 1. The standard InChI is InChI=1S/C13H19F2NO2S/c1-12-4-6-13(7-5-12)19(17,18)16(10-2-8-14)11-3-9-15/h4-7H,2-3,8-11H2,1H3. The van der Waals surface area contributed by atoms with Crippen LogP contribution in [0.15, 0.2) is 29.2 Å². The highest BCUT2D eigenvalue weighted by molar-refractivity contribution is 7.89. The van der Waals surface area contributed by atoms with Gasteiger partial charge in [0.25, 0.3) is 0 Å². The first-order valence-electron chi connectivity index (χ1n) is 6.21. The van der Waals surface area contributed by atoms with Gasteiger partial charge in [0.15, 0.2) is 0 Å². The molecule has 0 N–H and O–H groups in total. The molecule has 19 heavy (non-hydrogen) atoms. The van der Waals surface area contributed by atoms with Gasteiger partial charge in [-0.1, -0.05) is 17.7 Å². The summed E-state index contributed by atoms with van der Waals surface area (Å²) in [6.45, 7) is 0.838. The lowest BCUT2D eigenvalue weighted by Gasteiger charge is -2.21. The Labute approximate surface area is 113 Å². The zero-order valence-electron chi connectivity index (χ0n) is 11.0. The van der Waals surface area contributed by atoms with Crippen molar-refractivity contribution in [3.05, 3.63) is 29.8 Å². The molecule has 0 aliphatic heterocycles. The predicted octanol–water partition coefficient (Wildman–Crippen LogP) is 2.70. The monoisotopic (exact) mass is 291 g/mol. The molecule has 0 unspecified atom stereocenters. The minimum Gasteiger partial charge on any atom is -0.251 e. The highest BCUT2D eigenvalue weighted by Gasteiger charge is 2.23. The first kappa shape index (κ1) is 16.0. The Balaban J connectivity index is 2.93. The molecule has 0 spiro atoms. The van der Waals surface area contributed by atoms with E-state index < -0.39 is 23.4 Å². The van der Waals surface area contributed by atoms with Gasteiger partial charge < -0.3 is 0 Å². The maximum absolute atomic E-state index is 12.3. The van der Waals surface area contributed by atoms with Crippen molar-refractivity contribution in [3.63, 3.8) is 0 Å². The first-order chi connectivity index (χ1) is 9.02. The fourth-order valence-corrected chi connectivity index (χ4v) is 3.20. The molecule has 3 nitrogen and oxygen atoms in total. The molecule has 0 radical (unpaired) electrons. The summed E-state index contributed by atoms with van der Waals surface area (Å²) in [6, 6.07) is 6.44. The van der Waals surface area contributed by atoms with Crippen LogP contribution in [0.3, 0.4) is 0 Å². The van der Waals surface area contributed by atoms with Crippen molar-refractivity contribution in [3.8, 4) is 0 Å². The molecule has 0 saturated heterocycles. The number of hydrogen-bond acceptors (Lipinski definition) is 2. The fraction of sp³-hybridized carbons (Fsp3) is 0.538. The Kier molecular flexibility index (Phi) is 6.37. The summed E-state index contributed by atoms with van der Waals surface area (Å²) in [5.74, 6) is 0. The highest BCUT2D eigenvalue weighted by atomic mass is 32.2. The molecule has 0 bridgehead atoms. The lowest BCUT2D eigenvalue weighted by atomic mass is 10.2. The predicted molar refractivity (Wildman–Crippen MR) is 71.1 cm³/mol. The molecule has 0 aromatic heterocycles. The van der Waals surface area contributed by atoms with Crippen molar-refractivity contribution in [2.45, 2.75) is 24.7 Å². The third kappa shape index (κ3) is 4.54. The number of halogens is 2. The zero-order chi connectivity index (χ0) is 14.3. The van der Waals surface area contributed by atoms with Crippen LogP contribution in [0.5, 0.6) is 0 Å². The highest BCUT2D eigenvalue weighted by Crippen LogP contribution is 2.17. The van der Waals surface area contributed by atoms with Crippen molar-refractivity contribution in [1.29, 1.82) is 0 Å². The summed E-state index contributed by atoms with van der Waals surface area (Å²) in [5.41, 5.74) is 0.956. The molecule has 1 aromatic carbocycles. The molecule has 0 atom stereocenters. The lowest BCUT2D eigenvalue weighted by Crippen LogP contribution is -2.33. The number of aryl methyl sites for hydroxylation is 1. The molecule has 0 fully saturated rings. The summed E-state index contributed by atoms with van der Waals surface area (Å²) in [7, 11) is -3.66. The molecule has 0 amide bonds. The van der Waals surface area contributed by atoms with Crippen LogP contribution >= 0.6 is 0 Å². The number of hydrogen-bond donors (Lipinski definition) is 0. The van der Waals surface area contributed by atoms with E-state index in [9.17, 15) is 17.2 Å². The first-order valence-corrected chi connectivity index (χ1v) is 7.65. The smallest absolute Gasteiger partial charge is 0.243 e. The SMILES string of the molecule is Cc1ccc(S(=O)(=O)N(CCCF)CCCF)cc1. The molecule has 0 aliphatic carbocycles. The summed E-state index contributed by atoms with van der Waals surface area (Å²) >= 11 is 0. The van der Waals surface area contributed by atoms with Crippen molar-refractivity contribution < 1.29 is 17.2 Å². The van der Waals surface area contributed by atoms with E-state index in [0.717, 1.165) is 9.87 Å². The molecule has 1 aromatic rings. The van der Waals surface area contributed by atoms with Crippen LogP contribution in [0.4, 0.5) is 8.78 Å². The van der Waals surface area contributed by atoms with Gasteiger partial charge in [0.05, 0.1) is 18.2 Å². The molecule has 1 rings (SSSR count). The normalized spacial score (nSPS) is 12.0. The van der Waals surface area contributed by atoms with Crippen LogP contribution in [0.25, 0.3) is 0 Å². The average molecular weight is 291 g/mol. The van der Waals surface area contributed by atoms with E-state index in [1.807, 2.05) is 6.92 Å². The van der Waals surface area contributed by atoms with Crippen LogP contribution < -0.4 is 0 Å². The molecule has 0 heterocycles. The van der Waals surface area contributed by atoms with E-state index in [0.29, 0.717) is 0 Å². The topological polar surface area (TPSA) is 37.4 Å². The van der Waals surface area contributed by atoms with Crippen molar-refractivity contribution in [1.82, 2.24) is 4.31 Å². The van der Waals surface area contributed by atoms with E-state index in [-0.39, 0.29) is 30.8 Å². The second kappa shape index (κ2) is 7.55. The van der Waals surface area contributed by atoms with E-state index >= 15 is 0 Å². The van der Waals surface area contributed by atoms with Crippen LogP contribution in [0, 0.1) is 6.92 Å². The maximum atomic E-state index is 12.3. The van der Waals surface area contributed by atoms with Crippen LogP contribution in [-0.2, 0) is 10.0 Å². The second-order valence-corrected chi connectivity index (χ2v) is 6.24. The van der Waals surface area contributed by atoms with Crippen molar-refractivity contribution >= 4 is 10.0 Å². The van der Waals surface area contributed by atoms with Crippen LogP contribution in [0.2, 0.25) is 0 Å². The van der Waals surface area contributed by atoms with Crippen molar-refractivity contribution in [2.75, 3.05) is 26.4 Å². The Hall–Kier alpha value is -1.01. The molecule has 0 aliphatic rings.